The number of urea groups is 1. The molecule has 2 aromatic carbocycles. The lowest BCUT2D eigenvalue weighted by molar-refractivity contribution is 0.102. The summed E-state index contributed by atoms with van der Waals surface area (Å²) in [7, 11) is 0. The second-order valence-electron chi connectivity index (χ2n) is 5.45. The summed E-state index contributed by atoms with van der Waals surface area (Å²) >= 11 is 4.82. The van der Waals surface area contributed by atoms with Crippen molar-refractivity contribution in [2.24, 2.45) is 5.73 Å². The quantitative estimate of drug-likeness (QED) is 0.562. The average molecular weight is 431 g/mol. The molecule has 0 aliphatic heterocycles. The van der Waals surface area contributed by atoms with Gasteiger partial charge in [-0.25, -0.2) is 9.78 Å². The number of amides is 3. The molecule has 0 fully saturated rings. The fourth-order valence-corrected chi connectivity index (χ4v) is 3.47. The van der Waals surface area contributed by atoms with Gasteiger partial charge in [-0.1, -0.05) is 34.1 Å². The van der Waals surface area contributed by atoms with Gasteiger partial charge in [-0.15, -0.1) is 11.3 Å². The number of thiazole rings is 1. The summed E-state index contributed by atoms with van der Waals surface area (Å²) in [5.41, 5.74) is 7.77. The molecule has 4 N–H and O–H groups in total. The first-order chi connectivity index (χ1) is 12.4. The summed E-state index contributed by atoms with van der Waals surface area (Å²) < 4.78 is 0.993. The third kappa shape index (κ3) is 4.27. The van der Waals surface area contributed by atoms with Crippen molar-refractivity contribution in [2.45, 2.75) is 6.92 Å². The summed E-state index contributed by atoms with van der Waals surface area (Å²) in [6, 6.07) is 13.7. The minimum atomic E-state index is -0.683. The van der Waals surface area contributed by atoms with Gasteiger partial charge in [0.15, 0.2) is 5.13 Å². The molecule has 0 unspecified atom stereocenters. The Morgan fingerprint density at radius 2 is 1.85 bits per heavy atom. The Morgan fingerprint density at radius 1 is 1.12 bits per heavy atom. The third-order valence-corrected chi connectivity index (χ3v) is 4.94. The average Bonchev–Trinajstić information content (AvgIpc) is 2.95. The van der Waals surface area contributed by atoms with Crippen molar-refractivity contribution >= 4 is 50.0 Å². The number of primary amides is 1. The molecule has 0 aliphatic carbocycles. The maximum Gasteiger partial charge on any atom is 0.316 e. The minimum absolute atomic E-state index is 0.311. The van der Waals surface area contributed by atoms with Gasteiger partial charge in [-0.05, 0) is 37.3 Å². The highest BCUT2D eigenvalue weighted by Gasteiger charge is 2.13. The van der Waals surface area contributed by atoms with E-state index in [9.17, 15) is 9.59 Å². The minimum Gasteiger partial charge on any atom is -0.351 e. The number of nitrogens with zero attached hydrogens (tertiary/aromatic N) is 1. The van der Waals surface area contributed by atoms with Crippen molar-refractivity contribution in [3.05, 3.63) is 63.4 Å². The number of hydrogen-bond donors (Lipinski definition) is 3. The molecule has 8 heteroatoms. The van der Waals surface area contributed by atoms with Gasteiger partial charge in [0.05, 0.1) is 5.69 Å². The standard InChI is InChI=1S/C18H15BrN4O2S/c1-10-15(11-5-7-13(19)8-6-11)22-18(26-10)23-16(24)12-3-2-4-14(9-12)21-17(20)25/h2-9H,1H3,(H3,20,21,25)(H,22,23,24). The van der Waals surface area contributed by atoms with Crippen molar-refractivity contribution in [1.29, 1.82) is 0 Å². The molecule has 3 rings (SSSR count). The predicted molar refractivity (Wildman–Crippen MR) is 108 cm³/mol. The normalized spacial score (nSPS) is 10.4. The van der Waals surface area contributed by atoms with Gasteiger partial charge in [0, 0.05) is 26.2 Å². The number of carbonyl (C=O) groups excluding carboxylic acids is 2. The molecule has 0 radical (unpaired) electrons. The third-order valence-electron chi connectivity index (χ3n) is 3.53. The molecule has 0 spiro atoms. The van der Waals surface area contributed by atoms with Crippen LogP contribution in [0.2, 0.25) is 0 Å². The van der Waals surface area contributed by atoms with Crippen LogP contribution >= 0.6 is 27.3 Å². The Hall–Kier alpha value is -2.71. The van der Waals surface area contributed by atoms with Crippen LogP contribution in [-0.4, -0.2) is 16.9 Å². The Labute approximate surface area is 162 Å². The topological polar surface area (TPSA) is 97.1 Å². The summed E-state index contributed by atoms with van der Waals surface area (Å²) in [6.45, 7) is 1.96. The summed E-state index contributed by atoms with van der Waals surface area (Å²) in [4.78, 5) is 28.9. The van der Waals surface area contributed by atoms with Gasteiger partial charge in [0.1, 0.15) is 0 Å². The van der Waals surface area contributed by atoms with E-state index >= 15 is 0 Å². The van der Waals surface area contributed by atoms with Crippen LogP contribution in [0.4, 0.5) is 15.6 Å². The van der Waals surface area contributed by atoms with Crippen molar-refractivity contribution < 1.29 is 9.59 Å². The lowest BCUT2D eigenvalue weighted by Crippen LogP contribution is -2.19. The number of carbonyl (C=O) groups is 2. The zero-order valence-electron chi connectivity index (χ0n) is 13.7. The number of benzene rings is 2. The van der Waals surface area contributed by atoms with Crippen LogP contribution in [0.15, 0.2) is 53.0 Å². The molecular weight excluding hydrogens is 416 g/mol. The summed E-state index contributed by atoms with van der Waals surface area (Å²) in [5.74, 6) is -0.311. The van der Waals surface area contributed by atoms with E-state index in [0.29, 0.717) is 16.4 Å². The number of hydrogen-bond acceptors (Lipinski definition) is 4. The van der Waals surface area contributed by atoms with E-state index in [1.165, 1.54) is 11.3 Å². The van der Waals surface area contributed by atoms with E-state index in [1.807, 2.05) is 31.2 Å². The lowest BCUT2D eigenvalue weighted by Gasteiger charge is -2.05. The van der Waals surface area contributed by atoms with Crippen LogP contribution in [0.5, 0.6) is 0 Å². The highest BCUT2D eigenvalue weighted by molar-refractivity contribution is 9.10. The van der Waals surface area contributed by atoms with E-state index in [-0.39, 0.29) is 5.91 Å². The number of rotatable bonds is 4. The molecular formula is C18H15BrN4O2S. The van der Waals surface area contributed by atoms with Crippen LogP contribution in [0.1, 0.15) is 15.2 Å². The maximum atomic E-state index is 12.5. The van der Waals surface area contributed by atoms with Gasteiger partial charge < -0.3 is 11.1 Å². The first-order valence-electron chi connectivity index (χ1n) is 7.63. The van der Waals surface area contributed by atoms with Gasteiger partial charge in [-0.2, -0.15) is 0 Å². The Morgan fingerprint density at radius 3 is 2.54 bits per heavy atom. The van der Waals surface area contributed by atoms with Crippen LogP contribution in [0, 0.1) is 6.92 Å². The highest BCUT2D eigenvalue weighted by Crippen LogP contribution is 2.31. The Balaban J connectivity index is 1.79. The molecule has 0 aliphatic rings. The number of aromatic nitrogens is 1. The maximum absolute atomic E-state index is 12.5. The lowest BCUT2D eigenvalue weighted by atomic mass is 10.1. The largest absolute Gasteiger partial charge is 0.351 e. The van der Waals surface area contributed by atoms with Crippen molar-refractivity contribution in [3.63, 3.8) is 0 Å². The fraction of sp³-hybridized carbons (Fsp3) is 0.0556. The number of anilines is 2. The van der Waals surface area contributed by atoms with Crippen LogP contribution < -0.4 is 16.4 Å². The SMILES string of the molecule is Cc1sc(NC(=O)c2cccc(NC(N)=O)c2)nc1-c1ccc(Br)cc1. The Bertz CT molecular complexity index is 970. The molecule has 3 aromatic rings. The second kappa shape index (κ2) is 7.67. The molecule has 1 heterocycles. The van der Waals surface area contributed by atoms with E-state index in [1.54, 1.807) is 24.3 Å². The predicted octanol–water partition coefficient (Wildman–Crippen LogP) is 4.62. The van der Waals surface area contributed by atoms with Gasteiger partial charge in [0.2, 0.25) is 0 Å². The van der Waals surface area contributed by atoms with Crippen molar-refractivity contribution in [2.75, 3.05) is 10.6 Å². The van der Waals surface area contributed by atoms with Crippen LogP contribution in [0.3, 0.4) is 0 Å². The molecule has 3 amide bonds. The van der Waals surface area contributed by atoms with E-state index in [0.717, 1.165) is 20.6 Å². The first-order valence-corrected chi connectivity index (χ1v) is 9.24. The van der Waals surface area contributed by atoms with Gasteiger partial charge >= 0.3 is 6.03 Å². The molecule has 0 saturated heterocycles. The number of nitrogens with two attached hydrogens (primary N) is 1. The molecule has 0 bridgehead atoms. The Kier molecular flexibility index (Phi) is 5.34. The molecule has 0 saturated carbocycles. The number of aryl methyl sites for hydroxylation is 1. The fourth-order valence-electron chi connectivity index (χ4n) is 2.38. The van der Waals surface area contributed by atoms with Crippen molar-refractivity contribution in [1.82, 2.24) is 4.98 Å². The van der Waals surface area contributed by atoms with Gasteiger partial charge in [0.25, 0.3) is 5.91 Å². The first kappa shape index (κ1) is 18.1. The molecule has 1 aromatic heterocycles. The number of halogens is 1. The van der Waals surface area contributed by atoms with Gasteiger partial charge in [-0.3, -0.25) is 10.1 Å². The molecule has 132 valence electrons. The zero-order valence-corrected chi connectivity index (χ0v) is 16.1. The second-order valence-corrected chi connectivity index (χ2v) is 7.57. The van der Waals surface area contributed by atoms with Crippen molar-refractivity contribution in [3.8, 4) is 11.3 Å². The van der Waals surface area contributed by atoms with Crippen LogP contribution in [0.25, 0.3) is 11.3 Å². The van der Waals surface area contributed by atoms with E-state index < -0.39 is 6.03 Å². The molecule has 0 atom stereocenters. The van der Waals surface area contributed by atoms with Crippen LogP contribution in [-0.2, 0) is 0 Å². The highest BCUT2D eigenvalue weighted by atomic mass is 79.9. The smallest absolute Gasteiger partial charge is 0.316 e. The monoisotopic (exact) mass is 430 g/mol. The van der Waals surface area contributed by atoms with E-state index in [4.69, 9.17) is 5.73 Å². The van der Waals surface area contributed by atoms with E-state index in [2.05, 4.69) is 31.5 Å². The number of nitrogens with one attached hydrogen (secondary N) is 2. The summed E-state index contributed by atoms with van der Waals surface area (Å²) in [5, 5.41) is 5.75. The molecule has 26 heavy (non-hydrogen) atoms. The summed E-state index contributed by atoms with van der Waals surface area (Å²) in [6.07, 6.45) is 0. The zero-order chi connectivity index (χ0) is 18.7. The molecule has 6 nitrogen and oxygen atoms in total.